The highest BCUT2D eigenvalue weighted by Crippen LogP contribution is 2.29. The minimum absolute atomic E-state index is 0.0225. The zero-order valence-corrected chi connectivity index (χ0v) is 10.7. The number of aromatic carboxylic acids is 1. The molecule has 0 aliphatic carbocycles. The minimum atomic E-state index is -1.26. The maximum atomic E-state index is 11.1. The van der Waals surface area contributed by atoms with Crippen molar-refractivity contribution in [2.24, 2.45) is 0 Å². The second-order valence-electron chi connectivity index (χ2n) is 4.47. The summed E-state index contributed by atoms with van der Waals surface area (Å²) >= 11 is 0. The molecule has 0 fully saturated rings. The molecule has 0 aromatic heterocycles. The van der Waals surface area contributed by atoms with Crippen LogP contribution in [-0.2, 0) is 0 Å². The van der Waals surface area contributed by atoms with Gasteiger partial charge < -0.3 is 15.5 Å². The molecule has 0 saturated carbocycles. The number of benzene rings is 1. The third-order valence-corrected chi connectivity index (χ3v) is 2.88. The van der Waals surface area contributed by atoms with E-state index in [2.05, 4.69) is 5.32 Å². The molecule has 19 heavy (non-hydrogen) atoms. The van der Waals surface area contributed by atoms with Gasteiger partial charge in [-0.2, -0.15) is 0 Å². The lowest BCUT2D eigenvalue weighted by Crippen LogP contribution is -2.33. The first-order chi connectivity index (χ1) is 8.78. The quantitative estimate of drug-likeness (QED) is 0.536. The molecular weight excluding hydrogens is 252 g/mol. The van der Waals surface area contributed by atoms with Gasteiger partial charge in [0.15, 0.2) is 0 Å². The number of nitro groups is 1. The molecule has 7 heteroatoms. The first-order valence-electron chi connectivity index (χ1n) is 5.75. The van der Waals surface area contributed by atoms with Gasteiger partial charge in [0.05, 0.1) is 16.1 Å². The number of aliphatic hydroxyl groups is 1. The van der Waals surface area contributed by atoms with Crippen LogP contribution < -0.4 is 5.32 Å². The Morgan fingerprint density at radius 2 is 2.16 bits per heavy atom. The molecule has 0 heterocycles. The zero-order valence-electron chi connectivity index (χ0n) is 10.7. The minimum Gasteiger partial charge on any atom is -0.478 e. The van der Waals surface area contributed by atoms with E-state index < -0.39 is 16.5 Å². The van der Waals surface area contributed by atoms with Crippen molar-refractivity contribution in [2.75, 3.05) is 11.9 Å². The summed E-state index contributed by atoms with van der Waals surface area (Å²) in [5.74, 6) is -1.26. The molecule has 0 saturated heterocycles. The lowest BCUT2D eigenvalue weighted by atomic mass is 10.0. The summed E-state index contributed by atoms with van der Waals surface area (Å²) in [5, 5.41) is 32.5. The van der Waals surface area contributed by atoms with Gasteiger partial charge in [-0.05, 0) is 19.4 Å². The summed E-state index contributed by atoms with van der Waals surface area (Å²) in [7, 11) is 0. The molecule has 1 aromatic rings. The smallest absolute Gasteiger partial charge is 0.338 e. The average molecular weight is 268 g/mol. The highest BCUT2D eigenvalue weighted by Gasteiger charge is 2.24. The van der Waals surface area contributed by atoms with Gasteiger partial charge in [-0.15, -0.1) is 0 Å². The lowest BCUT2D eigenvalue weighted by molar-refractivity contribution is -0.384. The van der Waals surface area contributed by atoms with E-state index in [4.69, 9.17) is 5.11 Å². The second-order valence-corrected chi connectivity index (χ2v) is 4.47. The van der Waals surface area contributed by atoms with Crippen LogP contribution >= 0.6 is 0 Å². The standard InChI is InChI=1S/C12H16N2O5/c1-3-12(2,17)7-13-10-8(11(15)16)5-4-6-9(10)14(18)19/h4-6,13,17H,3,7H2,1-2H3,(H,15,16). The van der Waals surface area contributed by atoms with Crippen molar-refractivity contribution in [2.45, 2.75) is 25.9 Å². The molecule has 7 nitrogen and oxygen atoms in total. The van der Waals surface area contributed by atoms with Gasteiger partial charge in [-0.3, -0.25) is 10.1 Å². The molecular formula is C12H16N2O5. The van der Waals surface area contributed by atoms with Crippen molar-refractivity contribution < 1.29 is 19.9 Å². The fraction of sp³-hybridized carbons (Fsp3) is 0.417. The Labute approximate surface area is 110 Å². The normalized spacial score (nSPS) is 13.6. The Morgan fingerprint density at radius 3 is 2.63 bits per heavy atom. The van der Waals surface area contributed by atoms with Gasteiger partial charge >= 0.3 is 5.97 Å². The Kier molecular flexibility index (Phi) is 4.44. The summed E-state index contributed by atoms with van der Waals surface area (Å²) in [4.78, 5) is 21.3. The molecule has 0 bridgehead atoms. The molecule has 1 atom stereocenters. The van der Waals surface area contributed by atoms with Crippen molar-refractivity contribution in [3.63, 3.8) is 0 Å². The fourth-order valence-electron chi connectivity index (χ4n) is 1.46. The molecule has 1 rings (SSSR count). The van der Waals surface area contributed by atoms with Gasteiger partial charge in [-0.1, -0.05) is 13.0 Å². The van der Waals surface area contributed by atoms with Crippen LogP contribution in [0.1, 0.15) is 30.6 Å². The van der Waals surface area contributed by atoms with E-state index in [0.29, 0.717) is 6.42 Å². The SMILES string of the molecule is CCC(C)(O)CNc1c(C(=O)O)cccc1[N+](=O)[O-]. The summed E-state index contributed by atoms with van der Waals surface area (Å²) in [5.41, 5.74) is -1.68. The van der Waals surface area contributed by atoms with Gasteiger partial charge in [0, 0.05) is 12.6 Å². The molecule has 0 amide bonds. The number of rotatable bonds is 6. The van der Waals surface area contributed by atoms with Crippen molar-refractivity contribution in [1.82, 2.24) is 0 Å². The van der Waals surface area contributed by atoms with Gasteiger partial charge in [0.25, 0.3) is 5.69 Å². The molecule has 0 aliphatic rings. The van der Waals surface area contributed by atoms with Crippen LogP contribution in [0.15, 0.2) is 18.2 Å². The number of nitrogens with one attached hydrogen (secondary N) is 1. The van der Waals surface area contributed by atoms with Crippen molar-refractivity contribution in [1.29, 1.82) is 0 Å². The van der Waals surface area contributed by atoms with Gasteiger partial charge in [0.1, 0.15) is 5.69 Å². The van der Waals surface area contributed by atoms with E-state index >= 15 is 0 Å². The first-order valence-corrected chi connectivity index (χ1v) is 5.75. The second kappa shape index (κ2) is 5.66. The third kappa shape index (κ3) is 3.65. The highest BCUT2D eigenvalue weighted by atomic mass is 16.6. The van der Waals surface area contributed by atoms with Crippen molar-refractivity contribution in [3.05, 3.63) is 33.9 Å². The predicted molar refractivity (Wildman–Crippen MR) is 69.5 cm³/mol. The number of nitrogens with zero attached hydrogens (tertiary/aromatic N) is 1. The number of hydrogen-bond acceptors (Lipinski definition) is 5. The van der Waals surface area contributed by atoms with Crippen LogP contribution in [0.25, 0.3) is 0 Å². The van der Waals surface area contributed by atoms with Crippen LogP contribution in [0.5, 0.6) is 0 Å². The average Bonchev–Trinajstić information content (AvgIpc) is 2.35. The van der Waals surface area contributed by atoms with Gasteiger partial charge in [-0.25, -0.2) is 4.79 Å². The monoisotopic (exact) mass is 268 g/mol. The largest absolute Gasteiger partial charge is 0.478 e. The number of anilines is 1. The number of carbonyl (C=O) groups is 1. The molecule has 1 aromatic carbocycles. The van der Waals surface area contributed by atoms with Crippen LogP contribution in [0, 0.1) is 10.1 Å². The van der Waals surface area contributed by atoms with Crippen molar-refractivity contribution >= 4 is 17.3 Å². The van der Waals surface area contributed by atoms with Gasteiger partial charge in [0.2, 0.25) is 0 Å². The summed E-state index contributed by atoms with van der Waals surface area (Å²) in [6, 6.07) is 3.80. The van der Waals surface area contributed by atoms with Crippen LogP contribution in [0.4, 0.5) is 11.4 Å². The number of para-hydroxylation sites is 1. The van der Waals surface area contributed by atoms with E-state index in [-0.39, 0.29) is 23.5 Å². The Balaban J connectivity index is 3.15. The Morgan fingerprint density at radius 1 is 1.53 bits per heavy atom. The topological polar surface area (TPSA) is 113 Å². The highest BCUT2D eigenvalue weighted by molar-refractivity contribution is 5.96. The maximum Gasteiger partial charge on any atom is 0.338 e. The Hall–Kier alpha value is -2.15. The first kappa shape index (κ1) is 14.9. The van der Waals surface area contributed by atoms with Crippen molar-refractivity contribution in [3.8, 4) is 0 Å². The van der Waals surface area contributed by atoms with Crippen LogP contribution in [-0.4, -0.2) is 33.3 Å². The molecule has 0 aliphatic heterocycles. The van der Waals surface area contributed by atoms with E-state index in [1.54, 1.807) is 13.8 Å². The summed E-state index contributed by atoms with van der Waals surface area (Å²) in [6.45, 7) is 3.35. The third-order valence-electron chi connectivity index (χ3n) is 2.88. The Bertz CT molecular complexity index is 467. The van der Waals surface area contributed by atoms with E-state index in [9.17, 15) is 20.0 Å². The molecule has 1 unspecified atom stereocenters. The number of hydrogen-bond donors (Lipinski definition) is 3. The maximum absolute atomic E-state index is 11.1. The fourth-order valence-corrected chi connectivity index (χ4v) is 1.46. The van der Waals surface area contributed by atoms with E-state index in [1.807, 2.05) is 0 Å². The molecule has 104 valence electrons. The van der Waals surface area contributed by atoms with E-state index in [1.165, 1.54) is 18.2 Å². The lowest BCUT2D eigenvalue weighted by Gasteiger charge is -2.22. The molecule has 0 radical (unpaired) electrons. The number of carboxylic acids is 1. The van der Waals surface area contributed by atoms with Crippen LogP contribution in [0.3, 0.4) is 0 Å². The number of nitro benzene ring substituents is 1. The number of carboxylic acid groups (broad SMARTS) is 1. The van der Waals surface area contributed by atoms with Crippen LogP contribution in [0.2, 0.25) is 0 Å². The molecule has 3 N–H and O–H groups in total. The predicted octanol–water partition coefficient (Wildman–Crippen LogP) is 1.87. The summed E-state index contributed by atoms with van der Waals surface area (Å²) in [6.07, 6.45) is 0.434. The molecule has 0 spiro atoms. The zero-order chi connectivity index (χ0) is 14.6. The van der Waals surface area contributed by atoms with E-state index in [0.717, 1.165) is 0 Å². The summed E-state index contributed by atoms with van der Waals surface area (Å²) < 4.78 is 0.